The van der Waals surface area contributed by atoms with Crippen LogP contribution in [0.1, 0.15) is 36.4 Å². The summed E-state index contributed by atoms with van der Waals surface area (Å²) < 4.78 is 14.2. The Hall–Kier alpha value is -1.39. The smallest absolute Gasteiger partial charge is 0.146 e. The molecule has 2 N–H and O–H groups in total. The maximum atomic E-state index is 14.2. The number of benzene rings is 1. The van der Waals surface area contributed by atoms with E-state index >= 15 is 0 Å². The van der Waals surface area contributed by atoms with Gasteiger partial charge in [0, 0.05) is 18.0 Å². The van der Waals surface area contributed by atoms with Gasteiger partial charge in [-0.3, -0.25) is 0 Å². The number of rotatable bonds is 4. The number of hydrogen-bond donors (Lipinski definition) is 1. The lowest BCUT2D eigenvalue weighted by molar-refractivity contribution is 0.606. The van der Waals surface area contributed by atoms with E-state index in [1.807, 2.05) is 36.4 Å². The maximum absolute atomic E-state index is 14.2. The van der Waals surface area contributed by atoms with E-state index in [1.165, 1.54) is 10.9 Å². The van der Waals surface area contributed by atoms with Crippen molar-refractivity contribution in [2.75, 3.05) is 11.9 Å². The van der Waals surface area contributed by atoms with Crippen LogP contribution >= 0.6 is 11.3 Å². The molecule has 19 heavy (non-hydrogen) atoms. The summed E-state index contributed by atoms with van der Waals surface area (Å²) in [4.78, 5) is 3.17. The van der Waals surface area contributed by atoms with Crippen molar-refractivity contribution in [3.63, 3.8) is 0 Å². The Labute approximate surface area is 117 Å². The summed E-state index contributed by atoms with van der Waals surface area (Å²) in [6, 6.07) is 9.09. The van der Waals surface area contributed by atoms with Gasteiger partial charge in [-0.2, -0.15) is 0 Å². The molecule has 0 amide bonds. The fourth-order valence-electron chi connectivity index (χ4n) is 2.19. The van der Waals surface area contributed by atoms with Crippen LogP contribution in [0.2, 0.25) is 0 Å². The van der Waals surface area contributed by atoms with Gasteiger partial charge in [0.15, 0.2) is 0 Å². The second-order valence-electron chi connectivity index (χ2n) is 4.77. The van der Waals surface area contributed by atoms with E-state index < -0.39 is 0 Å². The van der Waals surface area contributed by atoms with Crippen LogP contribution in [-0.4, -0.2) is 7.05 Å². The molecule has 0 spiro atoms. The second-order valence-corrected chi connectivity index (χ2v) is 5.75. The zero-order valence-corrected chi connectivity index (χ0v) is 12.2. The van der Waals surface area contributed by atoms with Gasteiger partial charge in [0.2, 0.25) is 0 Å². The summed E-state index contributed by atoms with van der Waals surface area (Å²) in [7, 11) is 1.91. The van der Waals surface area contributed by atoms with Gasteiger partial charge in [-0.15, -0.1) is 11.3 Å². The molecular formula is C15H19FN2S. The number of nitrogens with two attached hydrogens (primary N) is 1. The van der Waals surface area contributed by atoms with Crippen molar-refractivity contribution in [1.82, 2.24) is 0 Å². The summed E-state index contributed by atoms with van der Waals surface area (Å²) >= 11 is 1.68. The predicted molar refractivity (Wildman–Crippen MR) is 80.1 cm³/mol. The monoisotopic (exact) mass is 278 g/mol. The highest BCUT2D eigenvalue weighted by Gasteiger charge is 2.20. The fourth-order valence-corrected chi connectivity index (χ4v) is 3.01. The molecule has 1 aromatic carbocycles. The SMILES string of the molecule is CC(c1cccs1)N(C)c1c(F)cccc1[C@H](C)N. The normalized spacial score (nSPS) is 14.2. The van der Waals surface area contributed by atoms with Gasteiger partial charge in [-0.1, -0.05) is 18.2 Å². The zero-order chi connectivity index (χ0) is 14.0. The Balaban J connectivity index is 2.41. The molecule has 1 aromatic heterocycles. The molecule has 0 fully saturated rings. The maximum Gasteiger partial charge on any atom is 0.146 e. The van der Waals surface area contributed by atoms with Crippen molar-refractivity contribution in [3.8, 4) is 0 Å². The topological polar surface area (TPSA) is 29.3 Å². The molecule has 0 saturated carbocycles. The number of halogens is 1. The van der Waals surface area contributed by atoms with Crippen LogP contribution in [0, 0.1) is 5.82 Å². The number of thiophene rings is 1. The van der Waals surface area contributed by atoms with Gasteiger partial charge in [-0.25, -0.2) is 4.39 Å². The highest BCUT2D eigenvalue weighted by atomic mass is 32.1. The fraction of sp³-hybridized carbons (Fsp3) is 0.333. The van der Waals surface area contributed by atoms with Gasteiger partial charge < -0.3 is 10.6 Å². The number of anilines is 1. The van der Waals surface area contributed by atoms with Crippen LogP contribution in [0.4, 0.5) is 10.1 Å². The minimum absolute atomic E-state index is 0.120. The van der Waals surface area contributed by atoms with Gasteiger partial charge in [0.1, 0.15) is 5.82 Å². The van der Waals surface area contributed by atoms with E-state index in [0.29, 0.717) is 5.69 Å². The molecule has 4 heteroatoms. The lowest BCUT2D eigenvalue weighted by Gasteiger charge is -2.29. The van der Waals surface area contributed by atoms with Crippen LogP contribution in [0.25, 0.3) is 0 Å². The lowest BCUT2D eigenvalue weighted by Crippen LogP contribution is -2.24. The summed E-state index contributed by atoms with van der Waals surface area (Å²) in [6.45, 7) is 3.95. The molecule has 102 valence electrons. The molecule has 0 radical (unpaired) electrons. The van der Waals surface area contributed by atoms with Crippen LogP contribution < -0.4 is 10.6 Å². The van der Waals surface area contributed by atoms with Gasteiger partial charge in [-0.05, 0) is 36.9 Å². The van der Waals surface area contributed by atoms with E-state index in [-0.39, 0.29) is 17.9 Å². The van der Waals surface area contributed by atoms with Crippen molar-refractivity contribution in [1.29, 1.82) is 0 Å². The first-order valence-electron chi connectivity index (χ1n) is 6.32. The van der Waals surface area contributed by atoms with Gasteiger partial charge in [0.05, 0.1) is 11.7 Å². The van der Waals surface area contributed by atoms with E-state index in [2.05, 4.69) is 13.0 Å². The quantitative estimate of drug-likeness (QED) is 0.912. The van der Waals surface area contributed by atoms with Crippen LogP contribution in [0.15, 0.2) is 35.7 Å². The summed E-state index contributed by atoms with van der Waals surface area (Å²) in [6.07, 6.45) is 0. The van der Waals surface area contributed by atoms with Crippen molar-refractivity contribution in [2.24, 2.45) is 5.73 Å². The van der Waals surface area contributed by atoms with Crippen LogP contribution in [-0.2, 0) is 0 Å². The average Bonchev–Trinajstić information content (AvgIpc) is 2.90. The third-order valence-electron chi connectivity index (χ3n) is 3.40. The van der Waals surface area contributed by atoms with E-state index in [0.717, 1.165) is 5.56 Å². The van der Waals surface area contributed by atoms with Crippen molar-refractivity contribution in [3.05, 3.63) is 52.0 Å². The molecule has 1 unspecified atom stereocenters. The third kappa shape index (κ3) is 2.80. The Morgan fingerprint density at radius 2 is 1.95 bits per heavy atom. The van der Waals surface area contributed by atoms with Crippen molar-refractivity contribution < 1.29 is 4.39 Å². The summed E-state index contributed by atoms with van der Waals surface area (Å²) in [5, 5.41) is 2.04. The number of para-hydroxylation sites is 1. The predicted octanol–water partition coefficient (Wildman–Crippen LogP) is 4.10. The van der Waals surface area contributed by atoms with Crippen LogP contribution in [0.3, 0.4) is 0 Å². The van der Waals surface area contributed by atoms with Gasteiger partial charge in [0.25, 0.3) is 0 Å². The van der Waals surface area contributed by atoms with E-state index in [4.69, 9.17) is 5.73 Å². The third-order valence-corrected chi connectivity index (χ3v) is 4.44. The largest absolute Gasteiger partial charge is 0.364 e. The first-order chi connectivity index (χ1) is 9.02. The van der Waals surface area contributed by atoms with Gasteiger partial charge >= 0.3 is 0 Å². The summed E-state index contributed by atoms with van der Waals surface area (Å²) in [5.41, 5.74) is 7.38. The Kier molecular flexibility index (Phi) is 4.22. The number of hydrogen-bond acceptors (Lipinski definition) is 3. The molecule has 0 aliphatic rings. The Bertz CT molecular complexity index is 537. The van der Waals surface area contributed by atoms with Crippen molar-refractivity contribution >= 4 is 17.0 Å². The first-order valence-corrected chi connectivity index (χ1v) is 7.20. The highest BCUT2D eigenvalue weighted by Crippen LogP contribution is 2.34. The molecule has 2 atom stereocenters. The molecule has 2 aromatic rings. The molecular weight excluding hydrogens is 259 g/mol. The molecule has 0 aliphatic heterocycles. The second kappa shape index (κ2) is 5.72. The standard InChI is InChI=1S/C15H19FN2S/c1-10(17)12-6-4-7-13(16)15(12)18(3)11(2)14-8-5-9-19-14/h4-11H,17H2,1-3H3/t10-,11?/m0/s1. The molecule has 0 bridgehead atoms. The zero-order valence-electron chi connectivity index (χ0n) is 11.4. The molecule has 0 aliphatic carbocycles. The highest BCUT2D eigenvalue weighted by molar-refractivity contribution is 7.10. The molecule has 2 nitrogen and oxygen atoms in total. The molecule has 2 rings (SSSR count). The molecule has 0 saturated heterocycles. The van der Waals surface area contributed by atoms with Crippen molar-refractivity contribution in [2.45, 2.75) is 25.9 Å². The Morgan fingerprint density at radius 3 is 2.53 bits per heavy atom. The number of nitrogens with zero attached hydrogens (tertiary/aromatic N) is 1. The minimum Gasteiger partial charge on any atom is -0.364 e. The lowest BCUT2D eigenvalue weighted by atomic mass is 10.0. The van der Waals surface area contributed by atoms with Crippen LogP contribution in [0.5, 0.6) is 0 Å². The summed E-state index contributed by atoms with van der Waals surface area (Å²) in [5.74, 6) is -0.222. The average molecular weight is 278 g/mol. The first kappa shape index (κ1) is 14.0. The minimum atomic E-state index is -0.222. The Morgan fingerprint density at radius 1 is 1.21 bits per heavy atom. The van der Waals surface area contributed by atoms with E-state index in [1.54, 1.807) is 17.4 Å². The molecule has 1 heterocycles. The van der Waals surface area contributed by atoms with E-state index in [9.17, 15) is 4.39 Å².